The van der Waals surface area contributed by atoms with Crippen LogP contribution in [0.1, 0.15) is 27.5 Å². The van der Waals surface area contributed by atoms with Gasteiger partial charge < -0.3 is 9.40 Å². The van der Waals surface area contributed by atoms with Gasteiger partial charge in [0.1, 0.15) is 5.71 Å². The maximum atomic E-state index is 13.4. The van der Waals surface area contributed by atoms with Crippen molar-refractivity contribution in [1.82, 2.24) is 4.57 Å². The van der Waals surface area contributed by atoms with E-state index in [1.807, 2.05) is 29.0 Å². The molecule has 2 unspecified atom stereocenters. The maximum Gasteiger partial charge on any atom is 0.231 e. The average Bonchev–Trinajstić information content (AvgIpc) is 3.34. The average molecular weight is 432 g/mol. The summed E-state index contributed by atoms with van der Waals surface area (Å²) in [6.07, 6.45) is 1.87. The third-order valence-corrected chi connectivity index (χ3v) is 6.20. The molecule has 2 aliphatic rings. The molecule has 0 fully saturated rings. The van der Waals surface area contributed by atoms with E-state index in [1.165, 1.54) is 0 Å². The molecule has 2 aliphatic heterocycles. The lowest BCUT2D eigenvalue weighted by Gasteiger charge is -2.28. The molecule has 3 aromatic rings. The molecule has 3 heterocycles. The number of hydrogen-bond donors (Lipinski definition) is 0. The Kier molecular flexibility index (Phi) is 4.05. The van der Waals surface area contributed by atoms with E-state index in [-0.39, 0.29) is 5.78 Å². The number of ketones is 1. The van der Waals surface area contributed by atoms with Crippen LogP contribution in [0.15, 0.2) is 65.9 Å². The highest BCUT2D eigenvalue weighted by molar-refractivity contribution is 6.41. The number of oxime groups is 1. The molecule has 2 aromatic carbocycles. The Hall–Kier alpha value is -2.27. The molecule has 5 rings (SSSR count). The summed E-state index contributed by atoms with van der Waals surface area (Å²) in [5.41, 5.74) is 1.39. The fourth-order valence-electron chi connectivity index (χ4n) is 4.06. The van der Waals surface area contributed by atoms with E-state index in [2.05, 4.69) is 5.16 Å². The Labute approximate surface area is 176 Å². The molecular weight excluding hydrogens is 419 g/mol. The number of nitrogens with zero attached hydrogens (tertiary/aromatic N) is 2. The molecule has 1 aromatic heterocycles. The maximum absolute atomic E-state index is 13.4. The smallest absolute Gasteiger partial charge is 0.231 e. The van der Waals surface area contributed by atoms with E-state index < -0.39 is 11.5 Å². The topological polar surface area (TPSA) is 43.6 Å². The van der Waals surface area contributed by atoms with Gasteiger partial charge in [0.25, 0.3) is 0 Å². The van der Waals surface area contributed by atoms with E-state index in [1.54, 1.807) is 36.4 Å². The fourth-order valence-corrected chi connectivity index (χ4v) is 4.78. The van der Waals surface area contributed by atoms with Crippen molar-refractivity contribution in [2.45, 2.75) is 18.1 Å². The minimum atomic E-state index is -1.18. The fraction of sp³-hybridized carbons (Fsp3) is 0.143. The normalized spacial score (nSPS) is 23.0. The predicted octanol–water partition coefficient (Wildman–Crippen LogP) is 5.60. The molecule has 0 saturated carbocycles. The highest BCUT2D eigenvalue weighted by atomic mass is 35.5. The van der Waals surface area contributed by atoms with Crippen LogP contribution in [0.3, 0.4) is 0 Å². The van der Waals surface area contributed by atoms with Crippen LogP contribution in [-0.4, -0.2) is 21.7 Å². The SMILES string of the molecule is O=C1c2cccn2CC12ON=C(c1c(Cl)cccc1Cl)C2c1ccc(Cl)cc1. The van der Waals surface area contributed by atoms with Crippen LogP contribution in [0, 0.1) is 0 Å². The van der Waals surface area contributed by atoms with Crippen LogP contribution in [0.25, 0.3) is 0 Å². The van der Waals surface area contributed by atoms with Gasteiger partial charge in [0, 0.05) is 16.8 Å². The van der Waals surface area contributed by atoms with Crippen molar-refractivity contribution in [3.8, 4) is 0 Å². The van der Waals surface area contributed by atoms with Crippen molar-refractivity contribution in [3.63, 3.8) is 0 Å². The Morgan fingerprint density at radius 1 is 1.00 bits per heavy atom. The number of Topliss-reactive ketones (excluding diaryl/α,β-unsaturated/α-hetero) is 1. The lowest BCUT2D eigenvalue weighted by Crippen LogP contribution is -2.44. The number of fused-ring (bicyclic) bond motifs is 1. The van der Waals surface area contributed by atoms with Gasteiger partial charge in [-0.05, 0) is 42.0 Å². The first-order valence-corrected chi connectivity index (χ1v) is 9.80. The van der Waals surface area contributed by atoms with Crippen LogP contribution < -0.4 is 0 Å². The quantitative estimate of drug-likeness (QED) is 0.530. The van der Waals surface area contributed by atoms with Crippen molar-refractivity contribution in [2.75, 3.05) is 0 Å². The van der Waals surface area contributed by atoms with Gasteiger partial charge in [0.15, 0.2) is 0 Å². The molecule has 0 N–H and O–H groups in total. The Morgan fingerprint density at radius 2 is 1.71 bits per heavy atom. The van der Waals surface area contributed by atoms with Gasteiger partial charge in [-0.25, -0.2) is 0 Å². The van der Waals surface area contributed by atoms with E-state index >= 15 is 0 Å². The van der Waals surface area contributed by atoms with Gasteiger partial charge in [-0.15, -0.1) is 0 Å². The highest BCUT2D eigenvalue weighted by Gasteiger charge is 2.60. The van der Waals surface area contributed by atoms with Gasteiger partial charge in [0.2, 0.25) is 11.4 Å². The molecule has 0 saturated heterocycles. The largest absolute Gasteiger partial charge is 0.377 e. The number of carbonyl (C=O) groups is 1. The number of hydrogen-bond acceptors (Lipinski definition) is 3. The van der Waals surface area contributed by atoms with Gasteiger partial charge in [-0.3, -0.25) is 4.79 Å². The number of benzene rings is 2. The van der Waals surface area contributed by atoms with Gasteiger partial charge >= 0.3 is 0 Å². The molecule has 140 valence electrons. The first-order chi connectivity index (χ1) is 13.5. The third-order valence-electron chi connectivity index (χ3n) is 5.32. The van der Waals surface area contributed by atoms with E-state index in [0.29, 0.717) is 38.6 Å². The second-order valence-electron chi connectivity index (χ2n) is 6.89. The number of rotatable bonds is 2. The standard InChI is InChI=1S/C21H13Cl3N2O2/c22-13-8-6-12(7-9-13)18-19(17-14(23)3-1-4-15(17)24)25-28-21(18)11-26-10-2-5-16(26)20(21)27/h1-10,18H,11H2. The zero-order valence-electron chi connectivity index (χ0n) is 14.4. The van der Waals surface area contributed by atoms with Gasteiger partial charge in [0.05, 0.1) is 28.2 Å². The third kappa shape index (κ3) is 2.45. The van der Waals surface area contributed by atoms with Crippen molar-refractivity contribution in [2.24, 2.45) is 5.16 Å². The molecule has 7 heteroatoms. The summed E-state index contributed by atoms with van der Waals surface area (Å²) in [6.45, 7) is 0.358. The summed E-state index contributed by atoms with van der Waals surface area (Å²) in [7, 11) is 0. The van der Waals surface area contributed by atoms with Crippen LogP contribution in [-0.2, 0) is 11.4 Å². The summed E-state index contributed by atoms with van der Waals surface area (Å²) in [4.78, 5) is 19.3. The van der Waals surface area contributed by atoms with Crippen molar-refractivity contribution < 1.29 is 9.63 Å². The van der Waals surface area contributed by atoms with Gasteiger partial charge in [-0.2, -0.15) is 0 Å². The predicted molar refractivity (Wildman–Crippen MR) is 110 cm³/mol. The minimum Gasteiger partial charge on any atom is -0.377 e. The Morgan fingerprint density at radius 3 is 2.39 bits per heavy atom. The summed E-state index contributed by atoms with van der Waals surface area (Å²) in [5.74, 6) is -0.589. The highest BCUT2D eigenvalue weighted by Crippen LogP contribution is 2.48. The van der Waals surface area contributed by atoms with Crippen LogP contribution in [0.4, 0.5) is 0 Å². The van der Waals surface area contributed by atoms with E-state index in [0.717, 1.165) is 5.56 Å². The summed E-state index contributed by atoms with van der Waals surface area (Å²) in [6, 6.07) is 16.2. The number of halogens is 3. The summed E-state index contributed by atoms with van der Waals surface area (Å²) >= 11 is 19.0. The second-order valence-corrected chi connectivity index (χ2v) is 8.14. The van der Waals surface area contributed by atoms with Crippen molar-refractivity contribution >= 4 is 46.3 Å². The number of carbonyl (C=O) groups excluding carboxylic acids is 1. The molecule has 1 spiro atoms. The summed E-state index contributed by atoms with van der Waals surface area (Å²) in [5, 5.41) is 5.85. The molecule has 2 atom stereocenters. The molecule has 0 amide bonds. The molecule has 4 nitrogen and oxygen atoms in total. The van der Waals surface area contributed by atoms with E-state index in [4.69, 9.17) is 39.6 Å². The Balaban J connectivity index is 1.70. The molecule has 0 aliphatic carbocycles. The van der Waals surface area contributed by atoms with Crippen molar-refractivity contribution in [1.29, 1.82) is 0 Å². The second kappa shape index (κ2) is 6.38. The zero-order chi connectivity index (χ0) is 19.5. The molecule has 0 radical (unpaired) electrons. The summed E-state index contributed by atoms with van der Waals surface area (Å²) < 4.78 is 1.89. The number of aromatic nitrogens is 1. The lowest BCUT2D eigenvalue weighted by molar-refractivity contribution is -0.0130. The molecule has 0 bridgehead atoms. The van der Waals surface area contributed by atoms with Gasteiger partial charge in [-0.1, -0.05) is 58.2 Å². The lowest BCUT2D eigenvalue weighted by atomic mass is 9.75. The van der Waals surface area contributed by atoms with E-state index in [9.17, 15) is 4.79 Å². The van der Waals surface area contributed by atoms with Crippen molar-refractivity contribution in [3.05, 3.63) is 92.7 Å². The molecular formula is C21H13Cl3N2O2. The van der Waals surface area contributed by atoms with Crippen LogP contribution >= 0.6 is 34.8 Å². The Bertz CT molecular complexity index is 1120. The minimum absolute atomic E-state index is 0.112. The molecule has 28 heavy (non-hydrogen) atoms. The van der Waals surface area contributed by atoms with Crippen LogP contribution in [0.2, 0.25) is 15.1 Å². The first kappa shape index (κ1) is 17.8. The first-order valence-electron chi connectivity index (χ1n) is 8.67. The zero-order valence-corrected chi connectivity index (χ0v) is 16.7. The van der Waals surface area contributed by atoms with Crippen LogP contribution in [0.5, 0.6) is 0 Å². The monoisotopic (exact) mass is 430 g/mol.